The summed E-state index contributed by atoms with van der Waals surface area (Å²) in [5, 5.41) is 2.96. The Labute approximate surface area is 236 Å². The third-order valence-corrected chi connectivity index (χ3v) is 7.79. The number of carbonyl (C=O) groups is 1. The van der Waals surface area contributed by atoms with E-state index in [4.69, 9.17) is 23.7 Å². The zero-order valence-electron chi connectivity index (χ0n) is 23.0. The summed E-state index contributed by atoms with van der Waals surface area (Å²) in [7, 11) is 0. The van der Waals surface area contributed by atoms with Crippen LogP contribution in [0.2, 0.25) is 0 Å². The van der Waals surface area contributed by atoms with E-state index in [0.717, 1.165) is 25.0 Å². The van der Waals surface area contributed by atoms with E-state index < -0.39 is 47.3 Å². The molecule has 0 aromatic heterocycles. The quantitative estimate of drug-likeness (QED) is 0.406. The van der Waals surface area contributed by atoms with E-state index in [2.05, 4.69) is 5.32 Å². The maximum atomic E-state index is 14.5. The molecule has 0 bridgehead atoms. The Kier molecular flexibility index (Phi) is 8.73. The minimum atomic E-state index is -4.44. The van der Waals surface area contributed by atoms with Crippen molar-refractivity contribution in [3.63, 3.8) is 0 Å². The normalized spacial score (nSPS) is 29.3. The first-order valence-electron chi connectivity index (χ1n) is 13.8. The van der Waals surface area contributed by atoms with Gasteiger partial charge in [0, 0.05) is 31.6 Å². The van der Waals surface area contributed by atoms with Gasteiger partial charge in [0.05, 0.1) is 37.1 Å². The molecule has 2 aromatic carbocycles. The summed E-state index contributed by atoms with van der Waals surface area (Å²) < 4.78 is 84.0. The molecule has 5 rings (SSSR count). The Morgan fingerprint density at radius 3 is 2.49 bits per heavy atom. The minimum absolute atomic E-state index is 0.0171. The second-order valence-corrected chi connectivity index (χ2v) is 11.3. The number of fused-ring (bicyclic) bond motifs is 1. The number of hydrogen-bond donors (Lipinski definition) is 1. The molecule has 2 aliphatic heterocycles. The number of carbonyl (C=O) groups excluding carboxylic acids is 1. The number of halogens is 4. The molecule has 7 nitrogen and oxygen atoms in total. The van der Waals surface area contributed by atoms with Gasteiger partial charge in [-0.1, -0.05) is 30.3 Å². The first-order valence-corrected chi connectivity index (χ1v) is 13.8. The molecule has 2 aromatic rings. The molecule has 5 atom stereocenters. The fourth-order valence-electron chi connectivity index (χ4n) is 5.71. The Balaban J connectivity index is 1.38. The molecule has 41 heavy (non-hydrogen) atoms. The van der Waals surface area contributed by atoms with Gasteiger partial charge in [0.2, 0.25) is 0 Å². The van der Waals surface area contributed by atoms with E-state index in [9.17, 15) is 22.4 Å². The lowest BCUT2D eigenvalue weighted by molar-refractivity contribution is -0.184. The predicted octanol–water partition coefficient (Wildman–Crippen LogP) is 5.29. The van der Waals surface area contributed by atoms with Gasteiger partial charge >= 0.3 is 6.18 Å². The molecule has 0 spiro atoms. The Bertz CT molecular complexity index is 1200. The summed E-state index contributed by atoms with van der Waals surface area (Å²) >= 11 is 0. The van der Waals surface area contributed by atoms with Gasteiger partial charge in [-0.15, -0.1) is 0 Å². The van der Waals surface area contributed by atoms with Crippen LogP contribution in [-0.4, -0.2) is 54.9 Å². The number of hydrogen-bond acceptors (Lipinski definition) is 6. The Morgan fingerprint density at radius 1 is 1.05 bits per heavy atom. The SMILES string of the molecule is CC1(C)O[C@H]2[C@@H](OCc3ccc(C(F)(F)F)cc3)C[C@](OCc3ccccc3F)(C(=O)NC[C@@H]3CCCO3)C[C@H]2O1. The van der Waals surface area contributed by atoms with Crippen molar-refractivity contribution in [3.8, 4) is 0 Å². The molecule has 1 amide bonds. The Morgan fingerprint density at radius 2 is 1.80 bits per heavy atom. The summed E-state index contributed by atoms with van der Waals surface area (Å²) in [6, 6.07) is 10.9. The summed E-state index contributed by atoms with van der Waals surface area (Å²) in [4.78, 5) is 13.8. The van der Waals surface area contributed by atoms with E-state index >= 15 is 0 Å². The molecule has 0 radical (unpaired) electrons. The van der Waals surface area contributed by atoms with Gasteiger partial charge in [-0.25, -0.2) is 4.39 Å². The maximum absolute atomic E-state index is 14.5. The fourth-order valence-corrected chi connectivity index (χ4v) is 5.71. The largest absolute Gasteiger partial charge is 0.416 e. The smallest absolute Gasteiger partial charge is 0.376 e. The molecule has 1 N–H and O–H groups in total. The van der Waals surface area contributed by atoms with Crippen LogP contribution in [0.1, 0.15) is 56.2 Å². The number of amides is 1. The van der Waals surface area contributed by atoms with Crippen molar-refractivity contribution in [1.29, 1.82) is 0 Å². The lowest BCUT2D eigenvalue weighted by Gasteiger charge is -2.43. The van der Waals surface area contributed by atoms with Crippen LogP contribution in [0.5, 0.6) is 0 Å². The van der Waals surface area contributed by atoms with E-state index in [1.807, 2.05) is 0 Å². The van der Waals surface area contributed by atoms with Crippen LogP contribution in [0.25, 0.3) is 0 Å². The zero-order chi connectivity index (χ0) is 29.3. The van der Waals surface area contributed by atoms with Gasteiger partial charge in [0.25, 0.3) is 5.91 Å². The van der Waals surface area contributed by atoms with Crippen LogP contribution < -0.4 is 5.32 Å². The third-order valence-electron chi connectivity index (χ3n) is 7.79. The van der Waals surface area contributed by atoms with Crippen molar-refractivity contribution in [2.24, 2.45) is 0 Å². The number of ether oxygens (including phenoxy) is 5. The minimum Gasteiger partial charge on any atom is -0.376 e. The molecule has 2 saturated heterocycles. The topological polar surface area (TPSA) is 75.3 Å². The van der Waals surface area contributed by atoms with Gasteiger partial charge in [-0.05, 0) is 50.5 Å². The summed E-state index contributed by atoms with van der Waals surface area (Å²) in [5.74, 6) is -1.80. The maximum Gasteiger partial charge on any atom is 0.416 e. The molecule has 1 aliphatic carbocycles. The third kappa shape index (κ3) is 7.09. The molecule has 0 unspecified atom stereocenters. The molecule has 11 heteroatoms. The highest BCUT2D eigenvalue weighted by molar-refractivity contribution is 5.85. The highest BCUT2D eigenvalue weighted by Crippen LogP contribution is 2.44. The lowest BCUT2D eigenvalue weighted by atomic mass is 9.78. The molecular formula is C30H35F4NO6. The first-order chi connectivity index (χ1) is 19.4. The number of benzene rings is 2. The summed E-state index contributed by atoms with van der Waals surface area (Å²) in [6.07, 6.45) is -4.41. The highest BCUT2D eigenvalue weighted by Gasteiger charge is 2.58. The van der Waals surface area contributed by atoms with Crippen molar-refractivity contribution in [2.75, 3.05) is 13.2 Å². The molecule has 3 fully saturated rings. The molecule has 224 valence electrons. The van der Waals surface area contributed by atoms with Crippen molar-refractivity contribution in [1.82, 2.24) is 5.32 Å². The van der Waals surface area contributed by atoms with Gasteiger partial charge in [0.1, 0.15) is 11.9 Å². The number of alkyl halides is 3. The summed E-state index contributed by atoms with van der Waals surface area (Å²) in [5.41, 5.74) is -1.38. The first kappa shape index (κ1) is 29.9. The van der Waals surface area contributed by atoms with Crippen LogP contribution in [0, 0.1) is 5.82 Å². The second kappa shape index (κ2) is 12.0. The molecule has 2 heterocycles. The van der Waals surface area contributed by atoms with E-state index in [0.29, 0.717) is 24.3 Å². The molecular weight excluding hydrogens is 546 g/mol. The van der Waals surface area contributed by atoms with Gasteiger partial charge in [-0.2, -0.15) is 13.2 Å². The van der Waals surface area contributed by atoms with Crippen LogP contribution >= 0.6 is 0 Å². The van der Waals surface area contributed by atoms with E-state index in [1.54, 1.807) is 32.0 Å². The number of nitrogens with one attached hydrogen (secondary N) is 1. The average molecular weight is 582 g/mol. The van der Waals surface area contributed by atoms with Crippen LogP contribution in [0.15, 0.2) is 48.5 Å². The van der Waals surface area contributed by atoms with Gasteiger partial charge in [0.15, 0.2) is 11.4 Å². The van der Waals surface area contributed by atoms with E-state index in [-0.39, 0.29) is 38.1 Å². The molecule has 3 aliphatic rings. The fraction of sp³-hybridized carbons (Fsp3) is 0.567. The average Bonchev–Trinajstić information content (AvgIpc) is 3.56. The van der Waals surface area contributed by atoms with Crippen LogP contribution in [0.4, 0.5) is 17.6 Å². The monoisotopic (exact) mass is 581 g/mol. The Hall–Kier alpha value is -2.57. The van der Waals surface area contributed by atoms with Crippen molar-refractivity contribution < 1.29 is 46.0 Å². The summed E-state index contributed by atoms with van der Waals surface area (Å²) in [6.45, 7) is 4.29. The number of rotatable bonds is 9. The van der Waals surface area contributed by atoms with Crippen molar-refractivity contribution >= 4 is 5.91 Å². The van der Waals surface area contributed by atoms with Crippen molar-refractivity contribution in [2.45, 2.75) is 94.7 Å². The lowest BCUT2D eigenvalue weighted by Crippen LogP contribution is -2.60. The van der Waals surface area contributed by atoms with Gasteiger partial charge in [-0.3, -0.25) is 4.79 Å². The van der Waals surface area contributed by atoms with Crippen LogP contribution in [0.3, 0.4) is 0 Å². The highest BCUT2D eigenvalue weighted by atomic mass is 19.4. The zero-order valence-corrected chi connectivity index (χ0v) is 23.0. The van der Waals surface area contributed by atoms with Crippen LogP contribution in [-0.2, 0) is 47.9 Å². The standard InChI is InChI=1S/C30H35F4NO6/c1-28(2)40-25-15-29(27(36)35-16-22-7-5-13-37-22,39-18-20-6-3-4-8-23(20)31)14-24(26(25)41-28)38-17-19-9-11-21(12-10-19)30(32,33)34/h3-4,6,8-12,22,24-26H,5,7,13-18H2,1-2H3,(H,35,36)/t22-,24-,25+,26-,29+/m0/s1. The van der Waals surface area contributed by atoms with E-state index in [1.165, 1.54) is 18.2 Å². The predicted molar refractivity (Wildman–Crippen MR) is 139 cm³/mol. The molecule has 1 saturated carbocycles. The second-order valence-electron chi connectivity index (χ2n) is 11.3. The van der Waals surface area contributed by atoms with Gasteiger partial charge < -0.3 is 29.0 Å². The van der Waals surface area contributed by atoms with Crippen molar-refractivity contribution in [3.05, 3.63) is 71.0 Å².